The summed E-state index contributed by atoms with van der Waals surface area (Å²) >= 11 is 0. The third kappa shape index (κ3) is 10.9. The first-order valence-corrected chi connectivity index (χ1v) is 14.9. The van der Waals surface area contributed by atoms with Gasteiger partial charge in [-0.2, -0.15) is 0 Å². The van der Waals surface area contributed by atoms with Crippen molar-refractivity contribution in [2.75, 3.05) is 50.1 Å². The van der Waals surface area contributed by atoms with E-state index >= 15 is 0 Å². The highest BCUT2D eigenvalue weighted by Gasteiger charge is 2.27. The molecular formula is C35H38FN3O8. The van der Waals surface area contributed by atoms with Gasteiger partial charge in [0.15, 0.2) is 5.78 Å². The minimum Gasteiger partial charge on any atom is -0.497 e. The number of amides is 2. The molecule has 1 heterocycles. The zero-order chi connectivity index (χ0) is 34.5. The zero-order valence-corrected chi connectivity index (χ0v) is 26.5. The van der Waals surface area contributed by atoms with Crippen LogP contribution in [0.4, 0.5) is 15.8 Å². The highest BCUT2D eigenvalue weighted by atomic mass is 19.1. The maximum absolute atomic E-state index is 13.6. The summed E-state index contributed by atoms with van der Waals surface area (Å²) in [6, 6.07) is 20.1. The number of methoxy groups -OCH3 is 1. The molecule has 3 aromatic carbocycles. The Kier molecular flexibility index (Phi) is 13.3. The fraction of sp³-hybridized carbons (Fsp3) is 0.286. The lowest BCUT2D eigenvalue weighted by molar-refractivity contribution is -0.134. The second-order valence-electron chi connectivity index (χ2n) is 10.8. The van der Waals surface area contributed by atoms with Crippen molar-refractivity contribution in [2.45, 2.75) is 19.8 Å². The van der Waals surface area contributed by atoms with Gasteiger partial charge >= 0.3 is 11.9 Å². The molecule has 11 nitrogen and oxygen atoms in total. The molecule has 0 bridgehead atoms. The lowest BCUT2D eigenvalue weighted by Crippen LogP contribution is -2.42. The molecule has 1 aliphatic rings. The van der Waals surface area contributed by atoms with E-state index in [-0.39, 0.29) is 29.3 Å². The number of nitrogens with zero attached hydrogens (tertiary/aromatic N) is 3. The fourth-order valence-corrected chi connectivity index (χ4v) is 4.93. The van der Waals surface area contributed by atoms with Gasteiger partial charge in [-0.1, -0.05) is 0 Å². The van der Waals surface area contributed by atoms with Gasteiger partial charge in [-0.05, 0) is 98.7 Å². The van der Waals surface area contributed by atoms with E-state index in [1.807, 2.05) is 24.3 Å². The Labute approximate surface area is 272 Å². The van der Waals surface area contributed by atoms with Crippen molar-refractivity contribution in [3.63, 3.8) is 0 Å². The molecule has 0 saturated carbocycles. The second-order valence-corrected chi connectivity index (χ2v) is 10.8. The molecule has 3 aromatic rings. The lowest BCUT2D eigenvalue weighted by Gasteiger charge is -2.33. The number of piperidine rings is 1. The average molecular weight is 648 g/mol. The molecule has 1 saturated heterocycles. The summed E-state index contributed by atoms with van der Waals surface area (Å²) < 4.78 is 18.5. The van der Waals surface area contributed by atoms with Gasteiger partial charge in [0.25, 0.3) is 5.91 Å². The number of halogens is 1. The van der Waals surface area contributed by atoms with E-state index < -0.39 is 11.9 Å². The minimum atomic E-state index is -1.26. The van der Waals surface area contributed by atoms with Gasteiger partial charge in [0.05, 0.1) is 7.11 Å². The molecule has 47 heavy (non-hydrogen) atoms. The molecule has 0 spiro atoms. The smallest absolute Gasteiger partial charge is 0.328 e. The second kappa shape index (κ2) is 17.4. The van der Waals surface area contributed by atoms with Gasteiger partial charge < -0.3 is 29.6 Å². The molecule has 2 N–H and O–H groups in total. The number of ether oxygens (including phenoxy) is 1. The van der Waals surface area contributed by atoms with Crippen molar-refractivity contribution in [3.05, 3.63) is 102 Å². The van der Waals surface area contributed by atoms with Crippen molar-refractivity contribution in [1.82, 2.24) is 4.90 Å². The molecule has 1 fully saturated rings. The molecule has 1 aliphatic heterocycles. The molecular weight excluding hydrogens is 609 g/mol. The molecule has 2 amide bonds. The van der Waals surface area contributed by atoms with Crippen LogP contribution in [0.15, 0.2) is 84.9 Å². The third-order valence-corrected chi connectivity index (χ3v) is 7.70. The number of benzene rings is 3. The van der Waals surface area contributed by atoms with Gasteiger partial charge in [-0.15, -0.1) is 0 Å². The van der Waals surface area contributed by atoms with Gasteiger partial charge in [0, 0.05) is 67.6 Å². The molecule has 12 heteroatoms. The number of anilines is 2. The molecule has 0 aromatic heterocycles. The van der Waals surface area contributed by atoms with Gasteiger partial charge in [-0.3, -0.25) is 14.4 Å². The van der Waals surface area contributed by atoms with Crippen LogP contribution in [-0.4, -0.2) is 85.0 Å². The highest BCUT2D eigenvalue weighted by molar-refractivity contribution is 6.06. The van der Waals surface area contributed by atoms with Crippen LogP contribution in [0, 0.1) is 11.7 Å². The van der Waals surface area contributed by atoms with Gasteiger partial charge in [0.1, 0.15) is 11.6 Å². The normalized spacial score (nSPS) is 13.3. The Bertz CT molecular complexity index is 1550. The van der Waals surface area contributed by atoms with Crippen LogP contribution in [-0.2, 0) is 14.4 Å². The fourth-order valence-electron chi connectivity index (χ4n) is 4.93. The topological polar surface area (TPSA) is 145 Å². The Balaban J connectivity index is 0.000000665. The molecule has 4 rings (SSSR count). The van der Waals surface area contributed by atoms with Crippen LogP contribution in [0.25, 0.3) is 0 Å². The summed E-state index contributed by atoms with van der Waals surface area (Å²) in [4.78, 5) is 62.8. The average Bonchev–Trinajstić information content (AvgIpc) is 3.08. The largest absolute Gasteiger partial charge is 0.497 e. The number of rotatable bonds is 11. The number of Topliss-reactive ketones (excluding diaryl/α,β-unsaturated/α-hetero) is 1. The summed E-state index contributed by atoms with van der Waals surface area (Å²) in [5.41, 5.74) is 2.54. The SMILES string of the molecule is COc1ccc(N(CCN2CCC(C(=O)c3ccc(F)cc3)CC2)C(=O)c2ccc(N(C)C(C)=O)cc2)cc1.O=C(O)/C=C/C(=O)O. The van der Waals surface area contributed by atoms with Crippen molar-refractivity contribution in [3.8, 4) is 5.75 Å². The first-order valence-electron chi connectivity index (χ1n) is 14.9. The van der Waals surface area contributed by atoms with E-state index in [1.165, 1.54) is 24.0 Å². The van der Waals surface area contributed by atoms with E-state index in [2.05, 4.69) is 4.90 Å². The van der Waals surface area contributed by atoms with Crippen LogP contribution in [0.3, 0.4) is 0 Å². The quantitative estimate of drug-likeness (QED) is 0.222. The molecule has 0 unspecified atom stereocenters. The minimum absolute atomic E-state index is 0.0588. The monoisotopic (exact) mass is 647 g/mol. The summed E-state index contributed by atoms with van der Waals surface area (Å²) in [6.45, 7) is 4.10. The summed E-state index contributed by atoms with van der Waals surface area (Å²) in [7, 11) is 3.29. The number of likely N-dealkylation sites (tertiary alicyclic amines) is 1. The Morgan fingerprint density at radius 2 is 1.34 bits per heavy atom. The number of hydrogen-bond donors (Lipinski definition) is 2. The van der Waals surface area contributed by atoms with Crippen molar-refractivity contribution >= 4 is 40.9 Å². The van der Waals surface area contributed by atoms with Gasteiger partial charge in [-0.25, -0.2) is 14.0 Å². The predicted octanol–water partition coefficient (Wildman–Crippen LogP) is 4.77. The van der Waals surface area contributed by atoms with E-state index in [9.17, 15) is 28.4 Å². The van der Waals surface area contributed by atoms with Crippen LogP contribution in [0.5, 0.6) is 5.75 Å². The van der Waals surface area contributed by atoms with Gasteiger partial charge in [0.2, 0.25) is 5.91 Å². The lowest BCUT2D eigenvalue weighted by atomic mass is 9.89. The van der Waals surface area contributed by atoms with Crippen LogP contribution >= 0.6 is 0 Å². The van der Waals surface area contributed by atoms with Crippen molar-refractivity contribution < 1.29 is 43.3 Å². The number of carboxylic acid groups (broad SMARTS) is 2. The molecule has 0 aliphatic carbocycles. The molecule has 0 radical (unpaired) electrons. The third-order valence-electron chi connectivity index (χ3n) is 7.70. The maximum atomic E-state index is 13.6. The number of aliphatic carboxylic acids is 2. The Hall–Kier alpha value is -5.36. The number of hydrogen-bond acceptors (Lipinski definition) is 7. The van der Waals surface area contributed by atoms with E-state index in [1.54, 1.807) is 55.5 Å². The summed E-state index contributed by atoms with van der Waals surface area (Å²) in [5.74, 6) is -2.41. The van der Waals surface area contributed by atoms with E-state index in [4.69, 9.17) is 14.9 Å². The van der Waals surface area contributed by atoms with Crippen molar-refractivity contribution in [1.29, 1.82) is 0 Å². The Morgan fingerprint density at radius 3 is 1.83 bits per heavy atom. The molecule has 0 atom stereocenters. The standard InChI is InChI=1S/C31H34FN3O4.C4H4O4/c1-22(36)33(2)27-10-6-25(7-11-27)31(38)35(28-12-14-29(39-3)15-13-28)21-20-34-18-16-24(17-19-34)30(37)23-4-8-26(32)9-5-23;5-3(6)1-2-4(7)8/h4-15,24H,16-21H2,1-3H3;1-2H,(H,5,6)(H,7,8)/b;2-1+. The summed E-state index contributed by atoms with van der Waals surface area (Å²) in [6.07, 6.45) is 2.56. The number of ketones is 1. The van der Waals surface area contributed by atoms with Crippen LogP contribution in [0.2, 0.25) is 0 Å². The number of carboxylic acids is 2. The Morgan fingerprint density at radius 1 is 0.830 bits per heavy atom. The molecule has 248 valence electrons. The zero-order valence-electron chi connectivity index (χ0n) is 26.5. The maximum Gasteiger partial charge on any atom is 0.328 e. The van der Waals surface area contributed by atoms with Crippen molar-refractivity contribution in [2.24, 2.45) is 5.92 Å². The first-order chi connectivity index (χ1) is 22.4. The highest BCUT2D eigenvalue weighted by Crippen LogP contribution is 2.25. The first kappa shape index (κ1) is 36.1. The predicted molar refractivity (Wildman–Crippen MR) is 175 cm³/mol. The van der Waals surface area contributed by atoms with E-state index in [0.717, 1.165) is 31.6 Å². The summed E-state index contributed by atoms with van der Waals surface area (Å²) in [5, 5.41) is 15.6. The van der Waals surface area contributed by atoms with Crippen LogP contribution in [0.1, 0.15) is 40.5 Å². The van der Waals surface area contributed by atoms with E-state index in [0.29, 0.717) is 47.8 Å². The van der Waals surface area contributed by atoms with Crippen LogP contribution < -0.4 is 14.5 Å². The number of carbonyl (C=O) groups excluding carboxylic acids is 3. The number of carbonyl (C=O) groups is 5.